The van der Waals surface area contributed by atoms with Crippen molar-refractivity contribution >= 4 is 17.1 Å². The Hall–Kier alpha value is -0.630. The zero-order valence-electron chi connectivity index (χ0n) is 7.97. The second-order valence-electron chi connectivity index (χ2n) is 3.35. The first-order chi connectivity index (χ1) is 5.52. The van der Waals surface area contributed by atoms with Gasteiger partial charge in [-0.3, -0.25) is 4.79 Å². The highest BCUT2D eigenvalue weighted by Gasteiger charge is 2.14. The van der Waals surface area contributed by atoms with Gasteiger partial charge in [0.25, 0.3) is 0 Å². The van der Waals surface area contributed by atoms with Gasteiger partial charge in [0.2, 0.25) is 0 Å². The smallest absolute Gasteiger partial charge is 0.166 e. The highest BCUT2D eigenvalue weighted by atomic mass is 32.1. The number of Topliss-reactive ketones (excluding diaryl/α,β-unsaturated/α-hetero) is 1. The van der Waals surface area contributed by atoms with Crippen LogP contribution in [-0.2, 0) is 0 Å². The predicted octanol–water partition coefficient (Wildman–Crippen LogP) is 3.20. The number of carbonyl (C=O) groups excluding carboxylic acids is 1. The van der Waals surface area contributed by atoms with Gasteiger partial charge in [-0.25, -0.2) is 0 Å². The quantitative estimate of drug-likeness (QED) is 0.642. The van der Waals surface area contributed by atoms with E-state index in [-0.39, 0.29) is 11.7 Å². The van der Waals surface area contributed by atoms with Crippen molar-refractivity contribution in [1.29, 1.82) is 0 Å². The standard InChI is InChI=1S/C10H14OS/c1-6(2)10(11)9-5-7(3)12-8(9)4/h5-6H,1-4H3. The maximum Gasteiger partial charge on any atom is 0.166 e. The third kappa shape index (κ3) is 1.75. The number of aryl methyl sites for hydroxylation is 2. The molecular weight excluding hydrogens is 168 g/mol. The number of rotatable bonds is 2. The molecule has 0 radical (unpaired) electrons. The normalized spacial score (nSPS) is 10.8. The minimum Gasteiger partial charge on any atom is -0.294 e. The van der Waals surface area contributed by atoms with Crippen LogP contribution in [0.15, 0.2) is 6.07 Å². The number of ketones is 1. The molecule has 0 aromatic carbocycles. The summed E-state index contributed by atoms with van der Waals surface area (Å²) in [4.78, 5) is 13.9. The van der Waals surface area contributed by atoms with Gasteiger partial charge >= 0.3 is 0 Å². The first-order valence-corrected chi connectivity index (χ1v) is 4.95. The molecule has 0 saturated heterocycles. The molecule has 1 aromatic rings. The Bertz CT molecular complexity index is 297. The van der Waals surface area contributed by atoms with Crippen molar-refractivity contribution in [2.75, 3.05) is 0 Å². The highest BCUT2D eigenvalue weighted by molar-refractivity contribution is 7.12. The van der Waals surface area contributed by atoms with Crippen LogP contribution in [0.5, 0.6) is 0 Å². The van der Waals surface area contributed by atoms with E-state index in [4.69, 9.17) is 0 Å². The Morgan fingerprint density at radius 2 is 2.00 bits per heavy atom. The summed E-state index contributed by atoms with van der Waals surface area (Å²) in [5, 5.41) is 0. The Morgan fingerprint density at radius 1 is 1.42 bits per heavy atom. The molecule has 0 aliphatic heterocycles. The predicted molar refractivity (Wildman–Crippen MR) is 53.0 cm³/mol. The monoisotopic (exact) mass is 182 g/mol. The fourth-order valence-electron chi connectivity index (χ4n) is 1.19. The molecule has 2 heteroatoms. The van der Waals surface area contributed by atoms with Gasteiger partial charge in [-0.05, 0) is 19.9 Å². The number of thiophene rings is 1. The number of hydrogen-bond acceptors (Lipinski definition) is 2. The molecule has 1 rings (SSSR count). The van der Waals surface area contributed by atoms with Crippen molar-refractivity contribution in [3.05, 3.63) is 21.4 Å². The molecule has 0 spiro atoms. The van der Waals surface area contributed by atoms with Crippen molar-refractivity contribution in [2.45, 2.75) is 27.7 Å². The lowest BCUT2D eigenvalue weighted by Crippen LogP contribution is -2.07. The van der Waals surface area contributed by atoms with Crippen LogP contribution < -0.4 is 0 Å². The second-order valence-corrected chi connectivity index (χ2v) is 4.81. The van der Waals surface area contributed by atoms with Crippen molar-refractivity contribution in [1.82, 2.24) is 0 Å². The maximum atomic E-state index is 11.6. The molecule has 1 heterocycles. The van der Waals surface area contributed by atoms with E-state index in [0.29, 0.717) is 0 Å². The van der Waals surface area contributed by atoms with Crippen LogP contribution in [0.25, 0.3) is 0 Å². The lowest BCUT2D eigenvalue weighted by molar-refractivity contribution is 0.0939. The molecule has 66 valence electrons. The molecule has 0 fully saturated rings. The molecule has 0 N–H and O–H groups in total. The largest absolute Gasteiger partial charge is 0.294 e. The molecule has 0 amide bonds. The highest BCUT2D eigenvalue weighted by Crippen LogP contribution is 2.22. The van der Waals surface area contributed by atoms with Gasteiger partial charge in [0.05, 0.1) is 0 Å². The molecule has 0 atom stereocenters. The number of hydrogen-bond donors (Lipinski definition) is 0. The Morgan fingerprint density at radius 3 is 2.33 bits per heavy atom. The molecule has 12 heavy (non-hydrogen) atoms. The molecule has 1 aromatic heterocycles. The molecule has 0 bridgehead atoms. The van der Waals surface area contributed by atoms with E-state index in [1.165, 1.54) is 4.88 Å². The average Bonchev–Trinajstić information content (AvgIpc) is 2.28. The summed E-state index contributed by atoms with van der Waals surface area (Å²) in [6.45, 7) is 7.92. The molecule has 0 aliphatic carbocycles. The molecular formula is C10H14OS. The SMILES string of the molecule is Cc1cc(C(=O)C(C)C)c(C)s1. The third-order valence-corrected chi connectivity index (χ3v) is 2.80. The van der Waals surface area contributed by atoms with Gasteiger partial charge in [0.1, 0.15) is 0 Å². The van der Waals surface area contributed by atoms with E-state index in [0.717, 1.165) is 10.4 Å². The van der Waals surface area contributed by atoms with Crippen LogP contribution in [0.2, 0.25) is 0 Å². The van der Waals surface area contributed by atoms with E-state index in [2.05, 4.69) is 0 Å². The lowest BCUT2D eigenvalue weighted by atomic mass is 10.0. The van der Waals surface area contributed by atoms with E-state index in [9.17, 15) is 4.79 Å². The van der Waals surface area contributed by atoms with Crippen molar-refractivity contribution in [3.63, 3.8) is 0 Å². The number of carbonyl (C=O) groups is 1. The van der Waals surface area contributed by atoms with Crippen molar-refractivity contribution < 1.29 is 4.79 Å². The van der Waals surface area contributed by atoms with Gasteiger partial charge in [-0.2, -0.15) is 0 Å². The summed E-state index contributed by atoms with van der Waals surface area (Å²) in [5.74, 6) is 0.370. The Kier molecular flexibility index (Phi) is 2.68. The van der Waals surface area contributed by atoms with Crippen molar-refractivity contribution in [2.24, 2.45) is 5.92 Å². The van der Waals surface area contributed by atoms with Crippen LogP contribution in [0.4, 0.5) is 0 Å². The summed E-state index contributed by atoms with van der Waals surface area (Å²) in [7, 11) is 0. The van der Waals surface area contributed by atoms with Crippen LogP contribution in [0.1, 0.15) is 34.0 Å². The minimum absolute atomic E-state index is 0.109. The average molecular weight is 182 g/mol. The van der Waals surface area contributed by atoms with Gasteiger partial charge in [0, 0.05) is 21.2 Å². The summed E-state index contributed by atoms with van der Waals surface area (Å²) in [6.07, 6.45) is 0. The van der Waals surface area contributed by atoms with Crippen LogP contribution in [0, 0.1) is 19.8 Å². The second kappa shape index (κ2) is 3.40. The van der Waals surface area contributed by atoms with Crippen molar-refractivity contribution in [3.8, 4) is 0 Å². The zero-order valence-corrected chi connectivity index (χ0v) is 8.79. The zero-order chi connectivity index (χ0) is 9.30. The van der Waals surface area contributed by atoms with E-state index in [1.807, 2.05) is 33.8 Å². The van der Waals surface area contributed by atoms with Gasteiger partial charge in [0.15, 0.2) is 5.78 Å². The molecule has 0 unspecified atom stereocenters. The van der Waals surface area contributed by atoms with E-state index < -0.39 is 0 Å². The summed E-state index contributed by atoms with van der Waals surface area (Å²) in [6, 6.07) is 1.99. The fraction of sp³-hybridized carbons (Fsp3) is 0.500. The summed E-state index contributed by atoms with van der Waals surface area (Å²) < 4.78 is 0. The maximum absolute atomic E-state index is 11.6. The molecule has 0 saturated carbocycles. The van der Waals surface area contributed by atoms with Crippen LogP contribution in [0.3, 0.4) is 0 Å². The molecule has 0 aliphatic rings. The lowest BCUT2D eigenvalue weighted by Gasteiger charge is -2.01. The first-order valence-electron chi connectivity index (χ1n) is 4.13. The van der Waals surface area contributed by atoms with Crippen LogP contribution in [-0.4, -0.2) is 5.78 Å². The van der Waals surface area contributed by atoms with E-state index in [1.54, 1.807) is 11.3 Å². The first kappa shape index (κ1) is 9.46. The minimum atomic E-state index is 0.109. The summed E-state index contributed by atoms with van der Waals surface area (Å²) in [5.41, 5.74) is 0.910. The van der Waals surface area contributed by atoms with Gasteiger partial charge in [-0.15, -0.1) is 11.3 Å². The summed E-state index contributed by atoms with van der Waals surface area (Å²) >= 11 is 1.69. The van der Waals surface area contributed by atoms with Gasteiger partial charge in [-0.1, -0.05) is 13.8 Å². The van der Waals surface area contributed by atoms with Gasteiger partial charge < -0.3 is 0 Å². The van der Waals surface area contributed by atoms with Crippen LogP contribution >= 0.6 is 11.3 Å². The Balaban J connectivity index is 3.02. The Labute approximate surface area is 77.4 Å². The third-order valence-electron chi connectivity index (χ3n) is 1.83. The fourth-order valence-corrected chi connectivity index (χ4v) is 2.12. The topological polar surface area (TPSA) is 17.1 Å². The van der Waals surface area contributed by atoms with E-state index >= 15 is 0 Å². The molecule has 1 nitrogen and oxygen atoms in total.